The molecule has 0 atom stereocenters. The van der Waals surface area contributed by atoms with E-state index in [2.05, 4.69) is 20.9 Å². The number of halogens is 1. The fourth-order valence-electron chi connectivity index (χ4n) is 1.58. The van der Waals surface area contributed by atoms with Crippen LogP contribution in [0.1, 0.15) is 21.7 Å². The molecule has 0 aliphatic rings. The van der Waals surface area contributed by atoms with Crippen LogP contribution in [0, 0.1) is 13.8 Å². The number of carbonyl (C=O) groups excluding carboxylic acids is 1. The van der Waals surface area contributed by atoms with Gasteiger partial charge in [0.25, 0.3) is 5.91 Å². The molecule has 4 nitrogen and oxygen atoms in total. The van der Waals surface area contributed by atoms with E-state index in [0.29, 0.717) is 25.3 Å². The van der Waals surface area contributed by atoms with Gasteiger partial charge in [0, 0.05) is 24.6 Å². The second kappa shape index (κ2) is 7.48. The summed E-state index contributed by atoms with van der Waals surface area (Å²) in [5.74, 6) is -0.0116. The highest BCUT2D eigenvalue weighted by atomic mass is 79.9. The third kappa shape index (κ3) is 4.38. The van der Waals surface area contributed by atoms with Crippen LogP contribution >= 0.6 is 15.9 Å². The van der Waals surface area contributed by atoms with Crippen molar-refractivity contribution in [2.24, 2.45) is 0 Å². The van der Waals surface area contributed by atoms with Gasteiger partial charge in [0.1, 0.15) is 0 Å². The molecule has 0 spiro atoms. The summed E-state index contributed by atoms with van der Waals surface area (Å²) in [4.78, 5) is 18.1. The second-order valence-electron chi connectivity index (χ2n) is 4.11. The summed E-state index contributed by atoms with van der Waals surface area (Å²) < 4.78 is 5.33. The minimum Gasteiger partial charge on any atom is -0.379 e. The lowest BCUT2D eigenvalue weighted by Gasteiger charge is -2.18. The maximum absolute atomic E-state index is 12.2. The Labute approximate surface area is 116 Å². The van der Waals surface area contributed by atoms with Crippen molar-refractivity contribution in [1.29, 1.82) is 0 Å². The SMILES string of the molecule is Cc1ccc(C(=O)N(C)CCOCCBr)c(C)n1. The zero-order chi connectivity index (χ0) is 13.5. The molecule has 0 aromatic carbocycles. The zero-order valence-corrected chi connectivity index (χ0v) is 12.7. The Hall–Kier alpha value is -0.940. The highest BCUT2D eigenvalue weighted by Gasteiger charge is 2.14. The molecule has 0 saturated heterocycles. The Balaban J connectivity index is 2.57. The fraction of sp³-hybridized carbons (Fsp3) is 0.538. The summed E-state index contributed by atoms with van der Waals surface area (Å²) in [5, 5.41) is 0.811. The molecule has 0 bridgehead atoms. The van der Waals surface area contributed by atoms with Crippen molar-refractivity contribution in [2.45, 2.75) is 13.8 Å². The third-order valence-electron chi connectivity index (χ3n) is 2.59. The number of alkyl halides is 1. The largest absolute Gasteiger partial charge is 0.379 e. The van der Waals surface area contributed by atoms with Gasteiger partial charge in [-0.3, -0.25) is 9.78 Å². The molecule has 1 aromatic heterocycles. The number of carbonyl (C=O) groups is 1. The lowest BCUT2D eigenvalue weighted by Crippen LogP contribution is -2.31. The summed E-state index contributed by atoms with van der Waals surface area (Å²) in [6, 6.07) is 3.69. The van der Waals surface area contributed by atoms with Crippen molar-refractivity contribution in [3.63, 3.8) is 0 Å². The molecule has 0 aliphatic carbocycles. The van der Waals surface area contributed by atoms with Gasteiger partial charge < -0.3 is 9.64 Å². The number of aromatic nitrogens is 1. The van der Waals surface area contributed by atoms with E-state index in [1.807, 2.05) is 26.0 Å². The van der Waals surface area contributed by atoms with Crippen molar-refractivity contribution >= 4 is 21.8 Å². The highest BCUT2D eigenvalue weighted by Crippen LogP contribution is 2.09. The van der Waals surface area contributed by atoms with E-state index in [0.717, 1.165) is 16.7 Å². The van der Waals surface area contributed by atoms with E-state index < -0.39 is 0 Å². The van der Waals surface area contributed by atoms with Crippen LogP contribution in [0.15, 0.2) is 12.1 Å². The molecule has 1 heterocycles. The van der Waals surface area contributed by atoms with Crippen molar-refractivity contribution < 1.29 is 9.53 Å². The van der Waals surface area contributed by atoms with E-state index >= 15 is 0 Å². The first-order valence-corrected chi connectivity index (χ1v) is 7.02. The predicted molar refractivity (Wildman–Crippen MR) is 75.3 cm³/mol. The molecule has 100 valence electrons. The Morgan fingerprint density at radius 1 is 1.39 bits per heavy atom. The lowest BCUT2D eigenvalue weighted by molar-refractivity contribution is 0.0712. The predicted octanol–water partition coefficient (Wildman–Crippen LogP) is 2.18. The summed E-state index contributed by atoms with van der Waals surface area (Å²) in [6.07, 6.45) is 0. The molecule has 0 fully saturated rings. The van der Waals surface area contributed by atoms with Crippen LogP contribution in [-0.4, -0.2) is 47.9 Å². The molecule has 0 N–H and O–H groups in total. The lowest BCUT2D eigenvalue weighted by atomic mass is 10.1. The van der Waals surface area contributed by atoms with Crippen molar-refractivity contribution in [3.05, 3.63) is 29.1 Å². The standard InChI is InChI=1S/C13H19BrN2O2/c1-10-4-5-12(11(2)15-10)13(17)16(3)7-9-18-8-6-14/h4-5H,6-9H2,1-3H3. The number of pyridine rings is 1. The van der Waals surface area contributed by atoms with E-state index in [-0.39, 0.29) is 5.91 Å². The molecule has 0 aliphatic heterocycles. The molecule has 0 unspecified atom stereocenters. The van der Waals surface area contributed by atoms with Crippen LogP contribution in [0.25, 0.3) is 0 Å². The number of aryl methyl sites for hydroxylation is 2. The Morgan fingerprint density at radius 2 is 2.11 bits per heavy atom. The number of hydrogen-bond acceptors (Lipinski definition) is 3. The number of hydrogen-bond donors (Lipinski definition) is 0. The monoisotopic (exact) mass is 314 g/mol. The number of rotatable bonds is 6. The average Bonchev–Trinajstić information content (AvgIpc) is 2.33. The Bertz CT molecular complexity index is 410. The van der Waals surface area contributed by atoms with Gasteiger partial charge >= 0.3 is 0 Å². The zero-order valence-electron chi connectivity index (χ0n) is 11.1. The maximum Gasteiger partial charge on any atom is 0.255 e. The molecule has 1 aromatic rings. The van der Waals surface area contributed by atoms with Gasteiger partial charge in [-0.1, -0.05) is 15.9 Å². The fourth-order valence-corrected chi connectivity index (χ4v) is 1.81. The molecular formula is C13H19BrN2O2. The van der Waals surface area contributed by atoms with E-state index in [1.165, 1.54) is 0 Å². The number of nitrogens with zero attached hydrogens (tertiary/aromatic N) is 2. The summed E-state index contributed by atoms with van der Waals surface area (Å²) in [5.41, 5.74) is 2.35. The topological polar surface area (TPSA) is 42.4 Å². The second-order valence-corrected chi connectivity index (χ2v) is 4.91. The van der Waals surface area contributed by atoms with Crippen molar-refractivity contribution in [3.8, 4) is 0 Å². The van der Waals surface area contributed by atoms with Crippen LogP contribution in [-0.2, 0) is 4.74 Å². The number of ether oxygens (including phenoxy) is 1. The van der Waals surface area contributed by atoms with Crippen molar-refractivity contribution in [1.82, 2.24) is 9.88 Å². The molecule has 18 heavy (non-hydrogen) atoms. The van der Waals surface area contributed by atoms with Gasteiger partial charge in [0.15, 0.2) is 0 Å². The number of amides is 1. The van der Waals surface area contributed by atoms with Gasteiger partial charge in [0.2, 0.25) is 0 Å². The minimum absolute atomic E-state index is 0.0116. The van der Waals surface area contributed by atoms with Gasteiger partial charge in [-0.2, -0.15) is 0 Å². The Morgan fingerprint density at radius 3 is 2.72 bits per heavy atom. The summed E-state index contributed by atoms with van der Waals surface area (Å²) >= 11 is 3.28. The quantitative estimate of drug-likeness (QED) is 0.597. The van der Waals surface area contributed by atoms with Gasteiger partial charge in [-0.25, -0.2) is 0 Å². The highest BCUT2D eigenvalue weighted by molar-refractivity contribution is 9.09. The van der Waals surface area contributed by atoms with Gasteiger partial charge in [0.05, 0.1) is 24.5 Å². The Kier molecular flexibility index (Phi) is 6.29. The molecule has 0 saturated carbocycles. The third-order valence-corrected chi connectivity index (χ3v) is 2.92. The minimum atomic E-state index is -0.0116. The molecule has 0 radical (unpaired) electrons. The van der Waals surface area contributed by atoms with Gasteiger partial charge in [-0.05, 0) is 26.0 Å². The average molecular weight is 315 g/mol. The summed E-state index contributed by atoms with van der Waals surface area (Å²) in [7, 11) is 1.78. The van der Waals surface area contributed by atoms with E-state index in [4.69, 9.17) is 4.74 Å². The first kappa shape index (κ1) is 15.1. The molecule has 1 rings (SSSR count). The van der Waals surface area contributed by atoms with Crippen molar-refractivity contribution in [2.75, 3.05) is 32.1 Å². The summed E-state index contributed by atoms with van der Waals surface area (Å²) in [6.45, 7) is 5.56. The van der Waals surface area contributed by atoms with Crippen LogP contribution in [0.4, 0.5) is 0 Å². The van der Waals surface area contributed by atoms with Crippen LogP contribution < -0.4 is 0 Å². The first-order valence-electron chi connectivity index (χ1n) is 5.89. The normalized spacial score (nSPS) is 10.4. The molecule has 5 heteroatoms. The van der Waals surface area contributed by atoms with Crippen LogP contribution in [0.3, 0.4) is 0 Å². The van der Waals surface area contributed by atoms with Crippen LogP contribution in [0.2, 0.25) is 0 Å². The van der Waals surface area contributed by atoms with Gasteiger partial charge in [-0.15, -0.1) is 0 Å². The first-order chi connectivity index (χ1) is 8.56. The number of likely N-dealkylation sites (N-methyl/N-ethyl adjacent to an activating group) is 1. The van der Waals surface area contributed by atoms with Crippen LogP contribution in [0.5, 0.6) is 0 Å². The van der Waals surface area contributed by atoms with E-state index in [1.54, 1.807) is 11.9 Å². The smallest absolute Gasteiger partial charge is 0.255 e. The molecule has 1 amide bonds. The van der Waals surface area contributed by atoms with E-state index in [9.17, 15) is 4.79 Å². The molecular weight excluding hydrogens is 296 g/mol. The maximum atomic E-state index is 12.2.